The van der Waals surface area contributed by atoms with Crippen LogP contribution in [0.4, 0.5) is 27.2 Å². The summed E-state index contributed by atoms with van der Waals surface area (Å²) in [5.74, 6) is -9.70. The standard InChI is InChI=1S/C48H54F4N8O6/c1-24(2)38(57-44(63)65-5)42(61)59-17-7-8-36(59)41-54-33-14-11-27(20-34(33)55-41)26-9-12-29-30-13-10-28(19-32(30)48(51,52)47(49,50)31(29)18-26)35-22-53-40(56-35)37-21-46(15-16-46)23-60(37)43(62)39(25(3)4)58-45(64)66-6/h9-14,19-20,22,24-26,36-39H,7-8,15-18,21,23H2,1-6H3,(H,53,56)(H,54,55)(H,57,63)(H,58,64)/t26?,36-,37-,38-,39-/m0/s1. The molecule has 5 aliphatic rings. The van der Waals surface area contributed by atoms with Crippen molar-refractivity contribution in [2.45, 2.75) is 108 Å². The van der Waals surface area contributed by atoms with Gasteiger partial charge in [-0.05, 0) is 90.7 Å². The third-order valence-corrected chi connectivity index (χ3v) is 14.2. The predicted octanol–water partition coefficient (Wildman–Crippen LogP) is 8.67. The van der Waals surface area contributed by atoms with E-state index in [4.69, 9.17) is 14.5 Å². The Kier molecular flexibility index (Phi) is 11.3. The van der Waals surface area contributed by atoms with Crippen molar-refractivity contribution in [2.75, 3.05) is 27.3 Å². The Morgan fingerprint density at radius 2 is 1.52 bits per heavy atom. The molecule has 2 saturated heterocycles. The van der Waals surface area contributed by atoms with Gasteiger partial charge in [0.1, 0.15) is 23.7 Å². The second kappa shape index (κ2) is 16.6. The molecule has 350 valence electrons. The summed E-state index contributed by atoms with van der Waals surface area (Å²) in [6.45, 7) is 8.26. The molecule has 2 aromatic carbocycles. The van der Waals surface area contributed by atoms with Crippen molar-refractivity contribution >= 4 is 40.6 Å². The van der Waals surface area contributed by atoms with Gasteiger partial charge in [0.25, 0.3) is 0 Å². The summed E-state index contributed by atoms with van der Waals surface area (Å²) >= 11 is 0. The van der Waals surface area contributed by atoms with Gasteiger partial charge >= 0.3 is 24.0 Å². The van der Waals surface area contributed by atoms with Gasteiger partial charge in [0, 0.05) is 35.7 Å². The van der Waals surface area contributed by atoms with Crippen LogP contribution in [-0.2, 0) is 25.0 Å². The zero-order chi connectivity index (χ0) is 47.0. The number of ether oxygens (including phenoxy) is 2. The Morgan fingerprint density at radius 1 is 0.833 bits per heavy atom. The smallest absolute Gasteiger partial charge is 0.407 e. The average molecular weight is 915 g/mol. The number of methoxy groups -OCH3 is 2. The van der Waals surface area contributed by atoms with Crippen LogP contribution in [0, 0.1) is 17.3 Å². The Hall–Kier alpha value is -6.20. The van der Waals surface area contributed by atoms with Crippen molar-refractivity contribution in [3.8, 4) is 11.3 Å². The van der Waals surface area contributed by atoms with Gasteiger partial charge in [-0.15, -0.1) is 0 Å². The van der Waals surface area contributed by atoms with Gasteiger partial charge in [0.05, 0.1) is 49.2 Å². The number of allylic oxidation sites excluding steroid dienone is 4. The molecule has 4 aromatic rings. The number of H-pyrrole nitrogens is 2. The van der Waals surface area contributed by atoms with Gasteiger partial charge in [0.2, 0.25) is 11.8 Å². The highest BCUT2D eigenvalue weighted by atomic mass is 19.3. The van der Waals surface area contributed by atoms with Crippen LogP contribution in [0.5, 0.6) is 0 Å². The maximum absolute atomic E-state index is 16.4. The summed E-state index contributed by atoms with van der Waals surface area (Å²) < 4.78 is 74.9. The number of carbonyl (C=O) groups excluding carboxylic acids is 4. The van der Waals surface area contributed by atoms with E-state index in [-0.39, 0.29) is 58.2 Å². The maximum atomic E-state index is 16.4. The lowest BCUT2D eigenvalue weighted by atomic mass is 9.73. The number of alkyl carbamates (subject to hydrolysis) is 2. The van der Waals surface area contributed by atoms with Gasteiger partial charge in [-0.3, -0.25) is 9.59 Å². The minimum absolute atomic E-state index is 0.0194. The number of hydrogen-bond donors (Lipinski definition) is 4. The summed E-state index contributed by atoms with van der Waals surface area (Å²) in [6, 6.07) is 6.94. The van der Waals surface area contributed by atoms with Crippen LogP contribution in [0.1, 0.15) is 113 Å². The van der Waals surface area contributed by atoms with E-state index >= 15 is 17.6 Å². The molecule has 0 bridgehead atoms. The average Bonchev–Trinajstić information content (AvgIpc) is 3.79. The van der Waals surface area contributed by atoms with E-state index in [1.165, 1.54) is 32.6 Å². The third-order valence-electron chi connectivity index (χ3n) is 14.2. The molecule has 4 heterocycles. The van der Waals surface area contributed by atoms with Gasteiger partial charge in [-0.25, -0.2) is 19.6 Å². The number of amides is 4. The van der Waals surface area contributed by atoms with Crippen LogP contribution >= 0.6 is 0 Å². The van der Waals surface area contributed by atoms with Crippen molar-refractivity contribution in [3.63, 3.8) is 0 Å². The van der Waals surface area contributed by atoms with Gasteiger partial charge in [-0.2, -0.15) is 17.6 Å². The molecular weight excluding hydrogens is 861 g/mol. The first-order valence-electron chi connectivity index (χ1n) is 22.5. The van der Waals surface area contributed by atoms with Crippen molar-refractivity contribution in [3.05, 3.63) is 88.7 Å². The van der Waals surface area contributed by atoms with E-state index in [0.717, 1.165) is 25.3 Å². The number of rotatable bonds is 10. The Balaban J connectivity index is 0.953. The number of aromatic nitrogens is 4. The molecule has 2 aromatic heterocycles. The SMILES string of the molecule is COC(=O)N[C@H](C(=O)N1CC2(CC2)C[C@H]1c1ncc(-c2ccc3c(c2)C(F)(F)C(F)(F)C2=C3C=CC(c3ccc4nc([C@@H]5CCCN5C(=O)[C@@H](NC(=O)OC)C(C)C)[nH]c4c3)C2)[nH]1)C(C)C. The molecular formula is C48H54F4N8O6. The lowest BCUT2D eigenvalue weighted by molar-refractivity contribution is -0.196. The van der Waals surface area contributed by atoms with Crippen LogP contribution in [0.15, 0.2) is 60.3 Å². The Morgan fingerprint density at radius 3 is 2.17 bits per heavy atom. The Bertz CT molecular complexity index is 2670. The molecule has 14 nitrogen and oxygen atoms in total. The minimum Gasteiger partial charge on any atom is -0.453 e. The molecule has 2 aliphatic heterocycles. The first kappa shape index (κ1) is 45.0. The summed E-state index contributed by atoms with van der Waals surface area (Å²) in [7, 11) is 2.46. The molecule has 1 unspecified atom stereocenters. The van der Waals surface area contributed by atoms with Crippen LogP contribution < -0.4 is 10.6 Å². The molecule has 0 radical (unpaired) electrons. The summed E-state index contributed by atoms with van der Waals surface area (Å²) in [6.07, 6.45) is 6.83. The van der Waals surface area contributed by atoms with Crippen LogP contribution in [0.25, 0.3) is 27.9 Å². The number of imidazole rings is 2. The first-order chi connectivity index (χ1) is 31.4. The second-order valence-corrected chi connectivity index (χ2v) is 19.1. The number of aromatic amines is 2. The number of fused-ring (bicyclic) bond motifs is 3. The topological polar surface area (TPSA) is 175 Å². The van der Waals surface area contributed by atoms with Crippen LogP contribution in [0.3, 0.4) is 0 Å². The van der Waals surface area contributed by atoms with E-state index < -0.39 is 59.2 Å². The van der Waals surface area contributed by atoms with Crippen LogP contribution in [0.2, 0.25) is 0 Å². The normalized spacial score (nSPS) is 23.2. The fourth-order valence-electron chi connectivity index (χ4n) is 10.3. The molecule has 5 atom stereocenters. The molecule has 66 heavy (non-hydrogen) atoms. The van der Waals surface area contributed by atoms with E-state index in [1.807, 2.05) is 27.7 Å². The highest BCUT2D eigenvalue weighted by Crippen LogP contribution is 2.60. The quantitative estimate of drug-likeness (QED) is 0.114. The molecule has 4 N–H and O–H groups in total. The summed E-state index contributed by atoms with van der Waals surface area (Å²) in [5.41, 5.74) is 0.982. The minimum atomic E-state index is -4.55. The number of halogens is 4. The van der Waals surface area contributed by atoms with Crippen molar-refractivity contribution in [2.24, 2.45) is 17.3 Å². The summed E-state index contributed by atoms with van der Waals surface area (Å²) in [4.78, 5) is 71.1. The zero-order valence-corrected chi connectivity index (χ0v) is 37.6. The first-order valence-corrected chi connectivity index (χ1v) is 22.5. The zero-order valence-electron chi connectivity index (χ0n) is 37.6. The second-order valence-electron chi connectivity index (χ2n) is 19.1. The highest BCUT2D eigenvalue weighted by molar-refractivity contribution is 5.88. The highest BCUT2D eigenvalue weighted by Gasteiger charge is 2.64. The van der Waals surface area contributed by atoms with E-state index in [9.17, 15) is 19.2 Å². The molecule has 18 heteroatoms. The molecule has 4 amide bonds. The Labute approximate surface area is 379 Å². The summed E-state index contributed by atoms with van der Waals surface area (Å²) in [5, 5.41) is 5.29. The fraction of sp³-hybridized carbons (Fsp3) is 0.500. The van der Waals surface area contributed by atoms with Crippen LogP contribution in [-0.4, -0.2) is 99.1 Å². The number of benzene rings is 2. The van der Waals surface area contributed by atoms with Crippen molar-refractivity contribution in [1.82, 2.24) is 40.4 Å². The number of carbonyl (C=O) groups is 4. The van der Waals surface area contributed by atoms with Gasteiger partial charge < -0.3 is 39.9 Å². The molecule has 3 aliphatic carbocycles. The van der Waals surface area contributed by atoms with E-state index in [1.54, 1.807) is 40.1 Å². The number of nitrogens with zero attached hydrogens (tertiary/aromatic N) is 4. The largest absolute Gasteiger partial charge is 0.453 e. The lowest BCUT2D eigenvalue weighted by Crippen LogP contribution is -2.51. The lowest BCUT2D eigenvalue weighted by Gasteiger charge is -2.39. The molecule has 1 spiro atoms. The van der Waals surface area contributed by atoms with E-state index in [0.29, 0.717) is 59.9 Å². The molecule has 3 fully saturated rings. The molecule has 9 rings (SSSR count). The predicted molar refractivity (Wildman–Crippen MR) is 235 cm³/mol. The van der Waals surface area contributed by atoms with Crippen molar-refractivity contribution in [1.29, 1.82) is 0 Å². The number of alkyl halides is 4. The number of hydrogen-bond acceptors (Lipinski definition) is 8. The number of nitrogens with one attached hydrogen (secondary N) is 4. The monoisotopic (exact) mass is 914 g/mol. The van der Waals surface area contributed by atoms with E-state index in [2.05, 4.69) is 25.6 Å². The van der Waals surface area contributed by atoms with Gasteiger partial charge in [0.15, 0.2) is 0 Å². The van der Waals surface area contributed by atoms with Crippen molar-refractivity contribution < 1.29 is 46.2 Å². The maximum Gasteiger partial charge on any atom is 0.407 e. The molecule has 1 saturated carbocycles. The third kappa shape index (κ3) is 7.68. The fourth-order valence-corrected chi connectivity index (χ4v) is 10.3. The van der Waals surface area contributed by atoms with Gasteiger partial charge in [-0.1, -0.05) is 58.0 Å². The number of likely N-dealkylation sites (tertiary alicyclic amines) is 2.